The van der Waals surface area contributed by atoms with E-state index in [1.165, 1.54) is 10.9 Å². The highest BCUT2D eigenvalue weighted by Crippen LogP contribution is 2.17. The number of nitrogens with one attached hydrogen (secondary N) is 2. The van der Waals surface area contributed by atoms with E-state index in [0.717, 1.165) is 0 Å². The summed E-state index contributed by atoms with van der Waals surface area (Å²) in [5.41, 5.74) is 1.22. The molecule has 10 nitrogen and oxygen atoms in total. The molecule has 3 aromatic rings. The fourth-order valence-corrected chi connectivity index (χ4v) is 1.10. The fourth-order valence-electron chi connectivity index (χ4n) is 1.10. The van der Waals surface area contributed by atoms with Crippen LogP contribution >= 0.6 is 0 Å². The molecule has 2 N–H and O–H groups in total. The lowest BCUT2D eigenvalue weighted by Crippen LogP contribution is -1.98. The van der Waals surface area contributed by atoms with Gasteiger partial charge in [-0.25, -0.2) is 0 Å². The van der Waals surface area contributed by atoms with Crippen LogP contribution in [0.4, 0.5) is 0 Å². The molecule has 0 atom stereocenters. The molecular formula is C5H3N10. The van der Waals surface area contributed by atoms with Gasteiger partial charge in [-0.3, -0.25) is 10.2 Å². The summed E-state index contributed by atoms with van der Waals surface area (Å²) < 4.78 is 1.26. The molecule has 1 radical (unpaired) electrons. The number of hydrogen-bond acceptors (Lipinski definition) is 7. The van der Waals surface area contributed by atoms with Gasteiger partial charge in [-0.2, -0.15) is 4.68 Å². The maximum absolute atomic E-state index is 3.82. The fraction of sp³-hybridized carbons (Fsp3) is 0. The summed E-state index contributed by atoms with van der Waals surface area (Å²) in [7, 11) is 0. The maximum atomic E-state index is 3.82. The quantitative estimate of drug-likeness (QED) is 0.511. The number of nitrogens with zero attached hydrogens (tertiary/aromatic N) is 8. The van der Waals surface area contributed by atoms with Crippen molar-refractivity contribution in [3.63, 3.8) is 0 Å². The molecule has 0 bridgehead atoms. The van der Waals surface area contributed by atoms with Crippen LogP contribution in [-0.4, -0.2) is 51.0 Å². The predicted octanol–water partition coefficient (Wildman–Crippen LogP) is -1.63. The SMILES string of the molecule is [c]1nnnn1-c1nn[nH]c1-c1cnn[nH]1. The predicted molar refractivity (Wildman–Crippen MR) is 43.3 cm³/mol. The van der Waals surface area contributed by atoms with Gasteiger partial charge in [0.1, 0.15) is 11.4 Å². The van der Waals surface area contributed by atoms with Gasteiger partial charge < -0.3 is 0 Å². The Morgan fingerprint density at radius 3 is 3.00 bits per heavy atom. The van der Waals surface area contributed by atoms with E-state index in [9.17, 15) is 0 Å². The second-order valence-electron chi connectivity index (χ2n) is 2.57. The normalized spacial score (nSPS) is 10.7. The zero-order chi connectivity index (χ0) is 10.1. The van der Waals surface area contributed by atoms with Gasteiger partial charge in [-0.15, -0.1) is 15.3 Å². The summed E-state index contributed by atoms with van der Waals surface area (Å²) in [6, 6.07) is 0. The smallest absolute Gasteiger partial charge is 0.228 e. The van der Waals surface area contributed by atoms with Crippen LogP contribution in [-0.2, 0) is 0 Å². The Morgan fingerprint density at radius 2 is 2.27 bits per heavy atom. The highest BCUT2D eigenvalue weighted by atomic mass is 15.6. The molecule has 0 aromatic carbocycles. The first kappa shape index (κ1) is 7.73. The van der Waals surface area contributed by atoms with E-state index in [1.54, 1.807) is 0 Å². The van der Waals surface area contributed by atoms with Crippen molar-refractivity contribution in [3.8, 4) is 17.2 Å². The first-order chi connectivity index (χ1) is 7.45. The molecule has 3 rings (SSSR count). The van der Waals surface area contributed by atoms with E-state index in [0.29, 0.717) is 17.2 Å². The molecule has 0 aliphatic heterocycles. The Bertz CT molecular complexity index is 483. The number of aromatic nitrogens is 10. The van der Waals surface area contributed by atoms with Crippen molar-refractivity contribution in [2.45, 2.75) is 0 Å². The minimum absolute atomic E-state index is 0.422. The Hall–Kier alpha value is -2.65. The molecule has 15 heavy (non-hydrogen) atoms. The number of H-pyrrole nitrogens is 2. The second kappa shape index (κ2) is 2.94. The molecule has 0 aliphatic rings. The molecule has 0 amide bonds. The van der Waals surface area contributed by atoms with Crippen molar-refractivity contribution in [3.05, 3.63) is 12.5 Å². The highest BCUT2D eigenvalue weighted by Gasteiger charge is 2.14. The van der Waals surface area contributed by atoms with Gasteiger partial charge in [-0.05, 0) is 10.4 Å². The standard InChI is InChI=1S/C5H3N10/c1-3(8-11-6-1)4-5(10-13-9-4)15-2-7-12-14-15/h1H,(H,6,8,11)(H,9,10,13). The molecule has 0 saturated carbocycles. The Morgan fingerprint density at radius 1 is 1.27 bits per heavy atom. The third kappa shape index (κ3) is 1.15. The average Bonchev–Trinajstić information content (AvgIpc) is 3.01. The van der Waals surface area contributed by atoms with Gasteiger partial charge in [0.05, 0.1) is 6.20 Å². The van der Waals surface area contributed by atoms with Crippen LogP contribution in [0.15, 0.2) is 6.20 Å². The summed E-state index contributed by atoms with van der Waals surface area (Å²) in [6.45, 7) is 0. The number of tetrazole rings is 1. The van der Waals surface area contributed by atoms with Gasteiger partial charge in [-0.1, -0.05) is 10.4 Å². The van der Waals surface area contributed by atoms with Gasteiger partial charge in [0.25, 0.3) is 0 Å². The number of hydrogen-bond donors (Lipinski definition) is 2. The lowest BCUT2D eigenvalue weighted by molar-refractivity contribution is 0.763. The third-order valence-electron chi connectivity index (χ3n) is 1.73. The molecule has 0 saturated heterocycles. The molecule has 10 heteroatoms. The van der Waals surface area contributed by atoms with Crippen LogP contribution in [0.2, 0.25) is 0 Å². The summed E-state index contributed by atoms with van der Waals surface area (Å²) in [6.07, 6.45) is 4.04. The lowest BCUT2D eigenvalue weighted by atomic mass is 10.3. The first-order valence-corrected chi connectivity index (χ1v) is 3.89. The van der Waals surface area contributed by atoms with Crippen molar-refractivity contribution in [1.29, 1.82) is 0 Å². The van der Waals surface area contributed by atoms with E-state index >= 15 is 0 Å². The zero-order valence-electron chi connectivity index (χ0n) is 7.16. The minimum atomic E-state index is 0.422. The second-order valence-corrected chi connectivity index (χ2v) is 2.57. The summed E-state index contributed by atoms with van der Waals surface area (Å²) in [5, 5.41) is 30.5. The van der Waals surface area contributed by atoms with Crippen molar-refractivity contribution < 1.29 is 0 Å². The van der Waals surface area contributed by atoms with Crippen LogP contribution in [0, 0.1) is 6.33 Å². The van der Waals surface area contributed by atoms with Crippen LogP contribution < -0.4 is 0 Å². The van der Waals surface area contributed by atoms with Gasteiger partial charge in [0, 0.05) is 0 Å². The van der Waals surface area contributed by atoms with E-state index in [-0.39, 0.29) is 0 Å². The van der Waals surface area contributed by atoms with Gasteiger partial charge >= 0.3 is 0 Å². The maximum Gasteiger partial charge on any atom is 0.228 e. The molecule has 3 aromatic heterocycles. The number of rotatable bonds is 2. The van der Waals surface area contributed by atoms with Crippen LogP contribution in [0.1, 0.15) is 0 Å². The van der Waals surface area contributed by atoms with Crippen molar-refractivity contribution in [2.24, 2.45) is 0 Å². The Kier molecular flexibility index (Phi) is 1.51. The number of aromatic amines is 2. The van der Waals surface area contributed by atoms with Crippen LogP contribution in [0.25, 0.3) is 17.2 Å². The Balaban J connectivity index is 2.15. The van der Waals surface area contributed by atoms with Crippen molar-refractivity contribution in [2.75, 3.05) is 0 Å². The molecule has 0 spiro atoms. The van der Waals surface area contributed by atoms with E-state index in [1.807, 2.05) is 0 Å². The molecule has 0 unspecified atom stereocenters. The van der Waals surface area contributed by atoms with E-state index < -0.39 is 0 Å². The molecule has 0 aliphatic carbocycles. The monoisotopic (exact) mass is 203 g/mol. The third-order valence-corrected chi connectivity index (χ3v) is 1.73. The van der Waals surface area contributed by atoms with Crippen molar-refractivity contribution >= 4 is 0 Å². The summed E-state index contributed by atoms with van der Waals surface area (Å²) in [4.78, 5) is 0. The van der Waals surface area contributed by atoms with Gasteiger partial charge in [0.15, 0.2) is 0 Å². The van der Waals surface area contributed by atoms with Gasteiger partial charge in [0.2, 0.25) is 12.1 Å². The molecule has 73 valence electrons. The minimum Gasteiger partial charge on any atom is -0.256 e. The summed E-state index contributed by atoms with van der Waals surface area (Å²) in [5.74, 6) is 0.422. The summed E-state index contributed by atoms with van der Waals surface area (Å²) >= 11 is 0. The molecule has 0 fully saturated rings. The van der Waals surface area contributed by atoms with Crippen molar-refractivity contribution in [1.82, 2.24) is 51.0 Å². The largest absolute Gasteiger partial charge is 0.256 e. The first-order valence-electron chi connectivity index (χ1n) is 3.89. The average molecular weight is 203 g/mol. The lowest BCUT2D eigenvalue weighted by Gasteiger charge is -1.94. The molecule has 3 heterocycles. The Labute approximate surface area is 81.7 Å². The van der Waals surface area contributed by atoms with E-state index in [2.05, 4.69) is 52.7 Å². The molecular weight excluding hydrogens is 200 g/mol. The van der Waals surface area contributed by atoms with E-state index in [4.69, 9.17) is 0 Å². The highest BCUT2D eigenvalue weighted by molar-refractivity contribution is 5.60. The topological polar surface area (TPSA) is 127 Å². The zero-order valence-corrected chi connectivity index (χ0v) is 7.16. The van der Waals surface area contributed by atoms with Crippen LogP contribution in [0.5, 0.6) is 0 Å². The van der Waals surface area contributed by atoms with Crippen LogP contribution in [0.3, 0.4) is 0 Å².